The van der Waals surface area contributed by atoms with Crippen molar-refractivity contribution in [1.29, 1.82) is 5.26 Å². The molecule has 0 N–H and O–H groups in total. The van der Waals surface area contributed by atoms with Gasteiger partial charge in [0, 0.05) is 26.1 Å². The molecule has 6 nitrogen and oxygen atoms in total. The van der Waals surface area contributed by atoms with Crippen LogP contribution in [0.2, 0.25) is 0 Å². The fraction of sp³-hybridized carbons (Fsp3) is 0.333. The Hall–Kier alpha value is -2.21. The minimum absolute atomic E-state index is 0.0746. The summed E-state index contributed by atoms with van der Waals surface area (Å²) in [6, 6.07) is 12.5. The molecule has 26 heavy (non-hydrogen) atoms. The van der Waals surface area contributed by atoms with Crippen LogP contribution in [-0.2, 0) is 19.4 Å². The molecule has 0 radical (unpaired) electrons. The lowest BCUT2D eigenvalue weighted by molar-refractivity contribution is 0.253. The number of thioether (sulfide) groups is 1. The molecule has 0 fully saturated rings. The first kappa shape index (κ1) is 17.2. The number of nitrogens with zero attached hydrogens (tertiary/aromatic N) is 5. The van der Waals surface area contributed by atoms with Crippen molar-refractivity contribution in [2.75, 3.05) is 18.8 Å². The highest BCUT2D eigenvalue weighted by atomic mass is 32.2. The molecule has 2 aromatic heterocycles. The molecular formula is C18H17N5OS2. The first-order valence-electron chi connectivity index (χ1n) is 8.42. The summed E-state index contributed by atoms with van der Waals surface area (Å²) < 4.78 is 2.10. The zero-order chi connectivity index (χ0) is 17.9. The van der Waals surface area contributed by atoms with Gasteiger partial charge in [-0.2, -0.15) is 9.78 Å². The molecule has 0 amide bonds. The lowest BCUT2D eigenvalue weighted by Crippen LogP contribution is -2.37. The minimum atomic E-state index is -0.0746. The summed E-state index contributed by atoms with van der Waals surface area (Å²) in [6.07, 6.45) is 1.76. The Morgan fingerprint density at radius 2 is 2.15 bits per heavy atom. The Morgan fingerprint density at radius 3 is 2.96 bits per heavy atom. The van der Waals surface area contributed by atoms with Crippen LogP contribution in [0.4, 0.5) is 0 Å². The second-order valence-electron chi connectivity index (χ2n) is 6.11. The molecule has 4 rings (SSSR count). The zero-order valence-corrected chi connectivity index (χ0v) is 15.7. The van der Waals surface area contributed by atoms with Crippen LogP contribution in [-0.4, -0.2) is 38.3 Å². The molecule has 1 aromatic carbocycles. The van der Waals surface area contributed by atoms with Crippen LogP contribution in [0.15, 0.2) is 39.5 Å². The molecule has 0 bridgehead atoms. The summed E-state index contributed by atoms with van der Waals surface area (Å²) in [7, 11) is 0. The van der Waals surface area contributed by atoms with Gasteiger partial charge in [-0.3, -0.25) is 9.69 Å². The topological polar surface area (TPSA) is 74.3 Å². The van der Waals surface area contributed by atoms with Gasteiger partial charge < -0.3 is 0 Å². The summed E-state index contributed by atoms with van der Waals surface area (Å²) in [5, 5.41) is 13.0. The van der Waals surface area contributed by atoms with Crippen molar-refractivity contribution in [2.24, 2.45) is 0 Å². The maximum atomic E-state index is 12.8. The van der Waals surface area contributed by atoms with E-state index in [9.17, 15) is 4.79 Å². The van der Waals surface area contributed by atoms with Crippen molar-refractivity contribution < 1.29 is 0 Å². The molecule has 0 saturated carbocycles. The normalized spacial score (nSPS) is 14.3. The van der Waals surface area contributed by atoms with Crippen molar-refractivity contribution in [3.63, 3.8) is 0 Å². The van der Waals surface area contributed by atoms with Gasteiger partial charge in [0.2, 0.25) is 4.96 Å². The molecule has 8 heteroatoms. The fourth-order valence-corrected chi connectivity index (χ4v) is 4.72. The number of nitriles is 1. The third-order valence-corrected chi connectivity index (χ3v) is 6.35. The van der Waals surface area contributed by atoms with Crippen molar-refractivity contribution in [2.45, 2.75) is 23.7 Å². The smallest absolute Gasteiger partial charge is 0.279 e. The van der Waals surface area contributed by atoms with Gasteiger partial charge in [0.1, 0.15) is 0 Å². The summed E-state index contributed by atoms with van der Waals surface area (Å²) in [5.74, 6) is 0.321. The Morgan fingerprint density at radius 1 is 1.31 bits per heavy atom. The molecule has 1 aliphatic rings. The van der Waals surface area contributed by atoms with Gasteiger partial charge >= 0.3 is 0 Å². The van der Waals surface area contributed by atoms with Gasteiger partial charge in [-0.05, 0) is 12.0 Å². The number of benzene rings is 1. The van der Waals surface area contributed by atoms with Gasteiger partial charge in [-0.1, -0.05) is 53.4 Å². The van der Waals surface area contributed by atoms with Gasteiger partial charge in [-0.25, -0.2) is 4.98 Å². The molecule has 1 aliphatic heterocycles. The number of rotatable bonds is 5. The molecular weight excluding hydrogens is 366 g/mol. The second-order valence-corrected chi connectivity index (χ2v) is 8.29. The molecule has 0 unspecified atom stereocenters. The van der Waals surface area contributed by atoms with Crippen LogP contribution < -0.4 is 5.56 Å². The van der Waals surface area contributed by atoms with Crippen molar-refractivity contribution in [3.8, 4) is 6.07 Å². The van der Waals surface area contributed by atoms with E-state index in [1.54, 1.807) is 0 Å². The first-order chi connectivity index (χ1) is 12.7. The van der Waals surface area contributed by atoms with Crippen LogP contribution in [0.25, 0.3) is 4.96 Å². The fourth-order valence-electron chi connectivity index (χ4n) is 3.11. The largest absolute Gasteiger partial charge is 0.298 e. The van der Waals surface area contributed by atoms with Crippen molar-refractivity contribution in [3.05, 3.63) is 57.5 Å². The predicted octanol–water partition coefficient (Wildman–Crippen LogP) is 2.37. The summed E-state index contributed by atoms with van der Waals surface area (Å²) in [5.41, 5.74) is 2.88. The molecule has 0 saturated heterocycles. The Bertz CT molecular complexity index is 1020. The minimum Gasteiger partial charge on any atom is -0.298 e. The van der Waals surface area contributed by atoms with E-state index in [1.165, 1.54) is 33.2 Å². The lowest BCUT2D eigenvalue weighted by atomic mass is 10.1. The summed E-state index contributed by atoms with van der Waals surface area (Å²) in [4.78, 5) is 20.4. The maximum absolute atomic E-state index is 12.8. The second kappa shape index (κ2) is 7.58. The van der Waals surface area contributed by atoms with Crippen LogP contribution in [0.5, 0.6) is 0 Å². The van der Waals surface area contributed by atoms with E-state index >= 15 is 0 Å². The highest BCUT2D eigenvalue weighted by molar-refractivity contribution is 8.01. The maximum Gasteiger partial charge on any atom is 0.279 e. The third kappa shape index (κ3) is 3.51. The average molecular weight is 384 g/mol. The van der Waals surface area contributed by atoms with E-state index < -0.39 is 0 Å². The van der Waals surface area contributed by atoms with E-state index in [4.69, 9.17) is 5.26 Å². The van der Waals surface area contributed by atoms with Crippen LogP contribution in [0.3, 0.4) is 0 Å². The molecule has 0 atom stereocenters. The molecule has 3 aromatic rings. The zero-order valence-electron chi connectivity index (χ0n) is 14.1. The number of fused-ring (bicyclic) bond motifs is 2. The van der Waals surface area contributed by atoms with Crippen LogP contribution in [0.1, 0.15) is 16.8 Å². The van der Waals surface area contributed by atoms with Gasteiger partial charge in [0.05, 0.1) is 23.1 Å². The Balaban J connectivity index is 1.54. The van der Waals surface area contributed by atoms with E-state index in [1.807, 2.05) is 6.07 Å². The Labute approximate surface area is 159 Å². The number of hydrogen-bond donors (Lipinski definition) is 0. The molecule has 0 spiro atoms. The first-order valence-corrected chi connectivity index (χ1v) is 10.2. The number of aromatic nitrogens is 3. The van der Waals surface area contributed by atoms with E-state index in [0.29, 0.717) is 21.6 Å². The number of hydrogen-bond acceptors (Lipinski definition) is 7. The van der Waals surface area contributed by atoms with Gasteiger partial charge in [0.15, 0.2) is 4.34 Å². The van der Waals surface area contributed by atoms with E-state index in [-0.39, 0.29) is 5.56 Å². The van der Waals surface area contributed by atoms with Gasteiger partial charge in [-0.15, -0.1) is 5.10 Å². The van der Waals surface area contributed by atoms with E-state index in [2.05, 4.69) is 45.3 Å². The Kier molecular flexibility index (Phi) is 5.02. The quantitative estimate of drug-likeness (QED) is 0.630. The lowest BCUT2D eigenvalue weighted by Gasteiger charge is -2.27. The highest BCUT2D eigenvalue weighted by Gasteiger charge is 2.23. The molecule has 132 valence electrons. The van der Waals surface area contributed by atoms with Crippen molar-refractivity contribution in [1.82, 2.24) is 19.5 Å². The van der Waals surface area contributed by atoms with Crippen molar-refractivity contribution >= 4 is 28.1 Å². The van der Waals surface area contributed by atoms with Gasteiger partial charge in [0.25, 0.3) is 5.56 Å². The summed E-state index contributed by atoms with van der Waals surface area (Å²) >= 11 is 2.71. The molecule has 0 aliphatic carbocycles. The van der Waals surface area contributed by atoms with Crippen LogP contribution >= 0.6 is 23.1 Å². The standard InChI is InChI=1S/C18H17N5OS2/c19-8-11-25-18-21-23-16(24)14-12-22(9-6-13-4-2-1-3-5-13)10-7-15(14)20-17(23)26-18/h1-5H,6-7,9-12H2. The van der Waals surface area contributed by atoms with Crippen LogP contribution in [0, 0.1) is 11.3 Å². The highest BCUT2D eigenvalue weighted by Crippen LogP contribution is 2.24. The monoisotopic (exact) mass is 383 g/mol. The third-order valence-electron chi connectivity index (χ3n) is 4.44. The average Bonchev–Trinajstić information content (AvgIpc) is 3.09. The molecule has 3 heterocycles. The summed E-state index contributed by atoms with van der Waals surface area (Å²) in [6.45, 7) is 2.46. The SMILES string of the molecule is N#CCSc1nn2c(=O)c3c(nc2s1)CCN(CCc1ccccc1)C3. The predicted molar refractivity (Wildman–Crippen MR) is 103 cm³/mol. The van der Waals surface area contributed by atoms with E-state index in [0.717, 1.165) is 37.2 Å².